The Balaban J connectivity index is 1.01. The van der Waals surface area contributed by atoms with Crippen LogP contribution in [0.3, 0.4) is 0 Å². The van der Waals surface area contributed by atoms with Crippen molar-refractivity contribution < 1.29 is 13.3 Å². The molecule has 1 aromatic heterocycles. The number of piperidine rings is 1. The Hall–Kier alpha value is -3.80. The summed E-state index contributed by atoms with van der Waals surface area (Å²) >= 11 is 0. The Morgan fingerprint density at radius 1 is 1.15 bits per heavy atom. The summed E-state index contributed by atoms with van der Waals surface area (Å²) in [5.74, 6) is 1.22. The topological polar surface area (TPSA) is 145 Å². The van der Waals surface area contributed by atoms with E-state index in [1.165, 1.54) is 11.1 Å². The average Bonchev–Trinajstić information content (AvgIpc) is 3.52. The molecular formula is C27H32N8O3S. The molecule has 6 rings (SSSR count). The Kier molecular flexibility index (Phi) is 6.57. The number of aromatic nitrogens is 2. The van der Waals surface area contributed by atoms with E-state index in [1.54, 1.807) is 6.20 Å². The average molecular weight is 549 g/mol. The first kappa shape index (κ1) is 25.5. The van der Waals surface area contributed by atoms with E-state index in [1.807, 2.05) is 23.4 Å². The first-order valence-electron chi connectivity index (χ1n) is 13.2. The van der Waals surface area contributed by atoms with E-state index >= 15 is 0 Å². The number of anilines is 1. The van der Waals surface area contributed by atoms with Gasteiger partial charge in [0.15, 0.2) is 0 Å². The predicted molar refractivity (Wildman–Crippen MR) is 149 cm³/mol. The predicted octanol–water partition coefficient (Wildman–Crippen LogP) is 2.47. The fourth-order valence-corrected chi connectivity index (χ4v) is 6.30. The largest absolute Gasteiger partial charge is 0.388 e. The third kappa shape index (κ3) is 5.65. The van der Waals surface area contributed by atoms with Crippen LogP contribution in [0.5, 0.6) is 0 Å². The van der Waals surface area contributed by atoms with Crippen molar-refractivity contribution in [3.8, 4) is 0 Å². The fraction of sp³-hybridized carbons (Fsp3) is 0.444. The molecule has 11 nitrogen and oxygen atoms in total. The fourth-order valence-electron chi connectivity index (χ4n) is 5.78. The number of likely N-dealkylation sites (tertiary alicyclic amines) is 1. The highest BCUT2D eigenvalue weighted by molar-refractivity contribution is 7.89. The zero-order valence-corrected chi connectivity index (χ0v) is 22.6. The molecule has 1 spiro atoms. The highest BCUT2D eigenvalue weighted by atomic mass is 32.2. The molecule has 1 fully saturated rings. The van der Waals surface area contributed by atoms with Crippen molar-refractivity contribution in [1.82, 2.24) is 20.2 Å². The molecule has 1 atom stereocenters. The van der Waals surface area contributed by atoms with E-state index in [2.05, 4.69) is 54.4 Å². The number of hydrogen-bond donors (Lipinski definition) is 3. The second kappa shape index (κ2) is 10.1. The summed E-state index contributed by atoms with van der Waals surface area (Å²) in [6.07, 6.45) is 12.7. The minimum atomic E-state index is -3.49. The zero-order chi connectivity index (χ0) is 27.0. The molecule has 3 N–H and O–H groups in total. The first-order valence-corrected chi connectivity index (χ1v) is 15.1. The second-order valence-electron chi connectivity index (χ2n) is 10.8. The van der Waals surface area contributed by atoms with Crippen molar-refractivity contribution >= 4 is 33.4 Å². The molecule has 4 aliphatic rings. The van der Waals surface area contributed by atoms with Gasteiger partial charge in [0.05, 0.1) is 12.0 Å². The highest BCUT2D eigenvalue weighted by Gasteiger charge is 2.43. The standard InChI is InChI=1S/C27H32N8O3S/c1-39(36,37)34-24-14-20(6-9-29-24)25(28)35-10-7-27(8-11-35)15-23(33-38-27)21-16-30-26(31-17-21)32-22-12-18-4-2-3-5-19(18)13-22/h2-6,9,16-17,20,22,28H,7-8,10-15H2,1H3,(H,29,34)(H,30,31,32). The lowest BCUT2D eigenvalue weighted by molar-refractivity contribution is -0.0528. The summed E-state index contributed by atoms with van der Waals surface area (Å²) in [5, 5.41) is 19.4. The molecule has 1 aromatic carbocycles. The van der Waals surface area contributed by atoms with Gasteiger partial charge in [-0.2, -0.15) is 4.40 Å². The SMILES string of the molecule is CS(=O)(=O)N=C1CC(C(=N)N2CCC3(CC2)CC(c2cnc(NC4Cc5ccccc5C4)nc2)=NO3)C=CN1. The van der Waals surface area contributed by atoms with E-state index in [0.717, 1.165) is 43.2 Å². The van der Waals surface area contributed by atoms with Crippen LogP contribution in [-0.4, -0.2) is 71.7 Å². The Bertz CT molecular complexity index is 1440. The van der Waals surface area contributed by atoms with Crippen molar-refractivity contribution in [2.45, 2.75) is 50.2 Å². The number of sulfonamides is 1. The molecule has 3 aliphatic heterocycles. The van der Waals surface area contributed by atoms with E-state index in [0.29, 0.717) is 49.6 Å². The summed E-state index contributed by atoms with van der Waals surface area (Å²) in [6, 6.07) is 8.82. The molecule has 4 heterocycles. The van der Waals surface area contributed by atoms with Crippen LogP contribution in [0.15, 0.2) is 58.5 Å². The Morgan fingerprint density at radius 3 is 2.51 bits per heavy atom. The molecule has 2 aromatic rings. The second-order valence-corrected chi connectivity index (χ2v) is 12.4. The summed E-state index contributed by atoms with van der Waals surface area (Å²) in [4.78, 5) is 17.1. The van der Waals surface area contributed by atoms with Gasteiger partial charge in [0.1, 0.15) is 17.3 Å². The van der Waals surface area contributed by atoms with Gasteiger partial charge >= 0.3 is 0 Å². The van der Waals surface area contributed by atoms with Crippen LogP contribution in [0.25, 0.3) is 0 Å². The number of nitrogens with zero attached hydrogens (tertiary/aromatic N) is 5. The molecule has 39 heavy (non-hydrogen) atoms. The number of amidine groups is 2. The van der Waals surface area contributed by atoms with E-state index in [-0.39, 0.29) is 11.5 Å². The Labute approximate surface area is 228 Å². The number of oxime groups is 1. The van der Waals surface area contributed by atoms with Gasteiger partial charge in [-0.05, 0) is 30.2 Å². The van der Waals surface area contributed by atoms with Gasteiger partial charge in [-0.15, -0.1) is 0 Å². The third-order valence-electron chi connectivity index (χ3n) is 7.84. The molecule has 1 aliphatic carbocycles. The lowest BCUT2D eigenvalue weighted by Crippen LogP contribution is -2.49. The summed E-state index contributed by atoms with van der Waals surface area (Å²) in [6.45, 7) is 1.34. The van der Waals surface area contributed by atoms with Crippen molar-refractivity contribution in [3.05, 3.63) is 65.6 Å². The molecule has 0 bridgehead atoms. The maximum Gasteiger partial charge on any atom is 0.251 e. The molecule has 204 valence electrons. The molecule has 1 saturated heterocycles. The zero-order valence-electron chi connectivity index (χ0n) is 21.8. The van der Waals surface area contributed by atoms with E-state index in [4.69, 9.17) is 10.2 Å². The van der Waals surface area contributed by atoms with Crippen molar-refractivity contribution in [2.75, 3.05) is 24.7 Å². The van der Waals surface area contributed by atoms with Gasteiger partial charge in [0, 0.05) is 68.7 Å². The number of rotatable bonds is 5. The lowest BCUT2D eigenvalue weighted by Gasteiger charge is -2.40. The van der Waals surface area contributed by atoms with Gasteiger partial charge in [-0.3, -0.25) is 5.41 Å². The lowest BCUT2D eigenvalue weighted by atomic mass is 9.85. The minimum absolute atomic E-state index is 0.222. The van der Waals surface area contributed by atoms with Crippen LogP contribution in [0.1, 0.15) is 42.4 Å². The van der Waals surface area contributed by atoms with Crippen LogP contribution < -0.4 is 10.6 Å². The van der Waals surface area contributed by atoms with Crippen LogP contribution in [0, 0.1) is 11.3 Å². The molecule has 0 amide bonds. The monoisotopic (exact) mass is 548 g/mol. The number of fused-ring (bicyclic) bond motifs is 1. The molecule has 1 unspecified atom stereocenters. The van der Waals surface area contributed by atoms with Crippen LogP contribution in [-0.2, 0) is 27.7 Å². The maximum absolute atomic E-state index is 11.5. The van der Waals surface area contributed by atoms with E-state index < -0.39 is 10.0 Å². The molecular weight excluding hydrogens is 516 g/mol. The Morgan fingerprint density at radius 2 is 1.85 bits per heavy atom. The third-order valence-corrected chi connectivity index (χ3v) is 8.39. The van der Waals surface area contributed by atoms with Gasteiger partial charge in [0.25, 0.3) is 10.0 Å². The first-order chi connectivity index (χ1) is 18.8. The summed E-state index contributed by atoms with van der Waals surface area (Å²) < 4.78 is 26.8. The highest BCUT2D eigenvalue weighted by Crippen LogP contribution is 2.36. The number of benzene rings is 1. The smallest absolute Gasteiger partial charge is 0.251 e. The van der Waals surface area contributed by atoms with Gasteiger partial charge in [-0.1, -0.05) is 35.5 Å². The maximum atomic E-state index is 11.5. The molecule has 0 radical (unpaired) electrons. The summed E-state index contributed by atoms with van der Waals surface area (Å²) in [7, 11) is -3.49. The molecule has 0 saturated carbocycles. The quantitative estimate of drug-likeness (QED) is 0.382. The van der Waals surface area contributed by atoms with Crippen molar-refractivity contribution in [3.63, 3.8) is 0 Å². The normalized spacial score (nSPS) is 23.3. The van der Waals surface area contributed by atoms with Gasteiger partial charge < -0.3 is 20.4 Å². The number of hydrogen-bond acceptors (Lipinski definition) is 8. The van der Waals surface area contributed by atoms with E-state index in [9.17, 15) is 8.42 Å². The van der Waals surface area contributed by atoms with Gasteiger partial charge in [0.2, 0.25) is 5.95 Å². The van der Waals surface area contributed by atoms with Gasteiger partial charge in [-0.25, -0.2) is 18.4 Å². The minimum Gasteiger partial charge on any atom is -0.388 e. The van der Waals surface area contributed by atoms with Crippen LogP contribution in [0.2, 0.25) is 0 Å². The van der Waals surface area contributed by atoms with Crippen molar-refractivity contribution in [1.29, 1.82) is 5.41 Å². The van der Waals surface area contributed by atoms with Crippen LogP contribution in [0.4, 0.5) is 5.95 Å². The number of nitrogens with one attached hydrogen (secondary N) is 3. The van der Waals surface area contributed by atoms with Crippen molar-refractivity contribution in [2.24, 2.45) is 15.5 Å². The van der Waals surface area contributed by atoms with Crippen LogP contribution >= 0.6 is 0 Å². The molecule has 12 heteroatoms. The summed E-state index contributed by atoms with van der Waals surface area (Å²) in [5.41, 5.74) is 4.09.